The molecule has 0 saturated carbocycles. The minimum atomic E-state index is -4.54. The topological polar surface area (TPSA) is 78.9 Å². The number of hydrogen-bond acceptors (Lipinski definition) is 3. The fourth-order valence-electron chi connectivity index (χ4n) is 1.59. The number of carbonyl (C=O) groups is 1. The largest absolute Gasteiger partial charge is 0.416 e. The van der Waals surface area contributed by atoms with Crippen molar-refractivity contribution >= 4 is 27.7 Å². The van der Waals surface area contributed by atoms with E-state index in [1.807, 2.05) is 0 Å². The number of likely N-dealkylation sites (N-methyl/N-ethyl adjacent to an activating group) is 1. The molecule has 1 aromatic carbocycles. The number of halogens is 4. The molecule has 1 amide bonds. The lowest BCUT2D eigenvalue weighted by atomic mass is 10.1. The molecule has 0 saturated heterocycles. The zero-order chi connectivity index (χ0) is 16.2. The molecule has 0 aromatic heterocycles. The van der Waals surface area contributed by atoms with Gasteiger partial charge in [0.25, 0.3) is 5.91 Å². The van der Waals surface area contributed by atoms with Crippen LogP contribution in [0.4, 0.5) is 13.2 Å². The van der Waals surface area contributed by atoms with E-state index in [9.17, 15) is 18.0 Å². The third kappa shape index (κ3) is 4.35. The predicted octanol–water partition coefficient (Wildman–Crippen LogP) is 2.68. The number of hydrogen-bond donors (Lipinski definition) is 2. The van der Waals surface area contributed by atoms with Gasteiger partial charge in [-0.25, -0.2) is 0 Å². The van der Waals surface area contributed by atoms with Crippen molar-refractivity contribution in [3.63, 3.8) is 0 Å². The summed E-state index contributed by atoms with van der Waals surface area (Å²) < 4.78 is 38.3. The van der Waals surface area contributed by atoms with E-state index in [-0.39, 0.29) is 29.0 Å². The molecule has 1 rings (SSSR count). The Morgan fingerprint density at radius 3 is 2.57 bits per heavy atom. The van der Waals surface area contributed by atoms with Crippen LogP contribution in [0.25, 0.3) is 0 Å². The van der Waals surface area contributed by atoms with Crippen molar-refractivity contribution in [1.82, 2.24) is 4.90 Å². The van der Waals surface area contributed by atoms with Gasteiger partial charge in [-0.05, 0) is 41.1 Å². The number of oxime groups is 1. The minimum Gasteiger partial charge on any atom is -0.409 e. The summed E-state index contributed by atoms with van der Waals surface area (Å²) >= 11 is 3.05. The van der Waals surface area contributed by atoms with Gasteiger partial charge in [0, 0.05) is 11.0 Å². The fraction of sp³-hybridized carbons (Fsp3) is 0.333. The van der Waals surface area contributed by atoms with E-state index >= 15 is 0 Å². The molecule has 0 aliphatic rings. The number of amidine groups is 1. The average Bonchev–Trinajstić information content (AvgIpc) is 2.42. The Bertz CT molecular complexity index is 561. The predicted molar refractivity (Wildman–Crippen MR) is 74.1 cm³/mol. The first-order valence-corrected chi connectivity index (χ1v) is 6.62. The van der Waals surface area contributed by atoms with E-state index in [0.717, 1.165) is 23.1 Å². The molecule has 0 heterocycles. The SMILES string of the molecule is CCN(C/C(N)=N/O)C(=O)c1cc(C(F)(F)F)ccc1Br. The molecule has 0 bridgehead atoms. The highest BCUT2D eigenvalue weighted by Gasteiger charge is 2.32. The molecule has 0 fully saturated rings. The maximum Gasteiger partial charge on any atom is 0.416 e. The van der Waals surface area contributed by atoms with Crippen molar-refractivity contribution in [1.29, 1.82) is 0 Å². The summed E-state index contributed by atoms with van der Waals surface area (Å²) in [6.45, 7) is 1.64. The summed E-state index contributed by atoms with van der Waals surface area (Å²) in [7, 11) is 0. The molecule has 3 N–H and O–H groups in total. The van der Waals surface area contributed by atoms with Crippen LogP contribution in [0, 0.1) is 0 Å². The highest BCUT2D eigenvalue weighted by atomic mass is 79.9. The summed E-state index contributed by atoms with van der Waals surface area (Å²) in [4.78, 5) is 13.4. The van der Waals surface area contributed by atoms with Gasteiger partial charge in [0.2, 0.25) is 0 Å². The number of carbonyl (C=O) groups excluding carboxylic acids is 1. The maximum atomic E-state index is 12.7. The second-order valence-electron chi connectivity index (χ2n) is 4.10. The van der Waals surface area contributed by atoms with Crippen molar-refractivity contribution in [2.75, 3.05) is 13.1 Å². The molecule has 0 unspecified atom stereocenters. The third-order valence-corrected chi connectivity index (χ3v) is 3.37. The van der Waals surface area contributed by atoms with Gasteiger partial charge in [-0.15, -0.1) is 0 Å². The first-order valence-electron chi connectivity index (χ1n) is 5.83. The average molecular weight is 368 g/mol. The summed E-state index contributed by atoms with van der Waals surface area (Å²) in [6, 6.07) is 2.80. The Hall–Kier alpha value is -1.77. The fourth-order valence-corrected chi connectivity index (χ4v) is 2.01. The van der Waals surface area contributed by atoms with Crippen LogP contribution in [-0.4, -0.2) is 34.9 Å². The Kier molecular flexibility index (Phi) is 5.59. The standard InChI is InChI=1S/C12H13BrF3N3O2/c1-2-19(6-10(17)18-21)11(20)8-5-7(12(14,15)16)3-4-9(8)13/h3-5,21H,2,6H2,1H3,(H2,17,18). The first kappa shape index (κ1) is 17.3. The Morgan fingerprint density at radius 1 is 1.48 bits per heavy atom. The monoisotopic (exact) mass is 367 g/mol. The summed E-state index contributed by atoms with van der Waals surface area (Å²) in [5, 5.41) is 11.2. The molecule has 5 nitrogen and oxygen atoms in total. The molecule has 9 heteroatoms. The van der Waals surface area contributed by atoms with E-state index in [2.05, 4.69) is 21.1 Å². The van der Waals surface area contributed by atoms with Gasteiger partial charge >= 0.3 is 6.18 Å². The zero-order valence-electron chi connectivity index (χ0n) is 11.0. The van der Waals surface area contributed by atoms with Crippen LogP contribution in [0.15, 0.2) is 27.8 Å². The molecule has 21 heavy (non-hydrogen) atoms. The quantitative estimate of drug-likeness (QED) is 0.371. The molecule has 116 valence electrons. The van der Waals surface area contributed by atoms with Crippen molar-refractivity contribution < 1.29 is 23.2 Å². The number of nitrogens with zero attached hydrogens (tertiary/aromatic N) is 2. The smallest absolute Gasteiger partial charge is 0.409 e. The van der Waals surface area contributed by atoms with E-state index in [1.54, 1.807) is 6.92 Å². The zero-order valence-corrected chi connectivity index (χ0v) is 12.6. The number of benzene rings is 1. The number of alkyl halides is 3. The number of rotatable bonds is 4. The molecule has 0 aliphatic carbocycles. The van der Waals surface area contributed by atoms with Crippen molar-refractivity contribution in [3.8, 4) is 0 Å². The molecule has 0 atom stereocenters. The van der Waals surface area contributed by atoms with Crippen LogP contribution in [0.2, 0.25) is 0 Å². The van der Waals surface area contributed by atoms with E-state index in [0.29, 0.717) is 0 Å². The molecule has 0 radical (unpaired) electrons. The molecule has 1 aromatic rings. The molecular weight excluding hydrogens is 355 g/mol. The second kappa shape index (κ2) is 6.79. The van der Waals surface area contributed by atoms with E-state index < -0.39 is 17.6 Å². The van der Waals surface area contributed by atoms with Crippen molar-refractivity contribution in [2.24, 2.45) is 10.9 Å². The Morgan fingerprint density at radius 2 is 2.10 bits per heavy atom. The highest BCUT2D eigenvalue weighted by Crippen LogP contribution is 2.32. The summed E-state index contributed by atoms with van der Waals surface area (Å²) in [6.07, 6.45) is -4.54. The molecule has 0 spiro atoms. The summed E-state index contributed by atoms with van der Waals surface area (Å²) in [5.74, 6) is -0.865. The lowest BCUT2D eigenvalue weighted by Gasteiger charge is -2.21. The third-order valence-electron chi connectivity index (χ3n) is 2.67. The van der Waals surface area contributed by atoms with Gasteiger partial charge in [0.1, 0.15) is 0 Å². The maximum absolute atomic E-state index is 12.7. The van der Waals surface area contributed by atoms with Crippen molar-refractivity contribution in [3.05, 3.63) is 33.8 Å². The number of amides is 1. The van der Waals surface area contributed by atoms with Gasteiger partial charge in [-0.2, -0.15) is 13.2 Å². The van der Waals surface area contributed by atoms with Crippen molar-refractivity contribution in [2.45, 2.75) is 13.1 Å². The van der Waals surface area contributed by atoms with E-state index in [1.165, 1.54) is 0 Å². The second-order valence-corrected chi connectivity index (χ2v) is 4.96. The normalized spacial score (nSPS) is 12.3. The van der Waals surface area contributed by atoms with Gasteiger partial charge in [-0.3, -0.25) is 4.79 Å². The Balaban J connectivity index is 3.16. The van der Waals surface area contributed by atoms with Gasteiger partial charge in [0.05, 0.1) is 17.7 Å². The van der Waals surface area contributed by atoms with Gasteiger partial charge in [-0.1, -0.05) is 5.16 Å². The van der Waals surface area contributed by atoms with Crippen LogP contribution in [-0.2, 0) is 6.18 Å². The van der Waals surface area contributed by atoms with Crippen LogP contribution < -0.4 is 5.73 Å². The lowest BCUT2D eigenvalue weighted by molar-refractivity contribution is -0.137. The summed E-state index contributed by atoms with van der Waals surface area (Å²) in [5.41, 5.74) is 4.25. The van der Waals surface area contributed by atoms with Gasteiger partial charge in [0.15, 0.2) is 5.84 Å². The van der Waals surface area contributed by atoms with Crippen LogP contribution in [0.3, 0.4) is 0 Å². The molecular formula is C12H13BrF3N3O2. The van der Waals surface area contributed by atoms with Crippen LogP contribution in [0.5, 0.6) is 0 Å². The minimum absolute atomic E-state index is 0.141. The van der Waals surface area contributed by atoms with Crippen LogP contribution >= 0.6 is 15.9 Å². The van der Waals surface area contributed by atoms with Crippen LogP contribution in [0.1, 0.15) is 22.8 Å². The van der Waals surface area contributed by atoms with Gasteiger partial charge < -0.3 is 15.8 Å². The number of nitrogens with two attached hydrogens (primary N) is 1. The highest BCUT2D eigenvalue weighted by molar-refractivity contribution is 9.10. The molecule has 0 aliphatic heterocycles. The Labute approximate surface area is 127 Å². The van der Waals surface area contributed by atoms with E-state index in [4.69, 9.17) is 10.9 Å². The first-order chi connectivity index (χ1) is 9.70. The lowest BCUT2D eigenvalue weighted by Crippen LogP contribution is -2.38.